The minimum atomic E-state index is 0. The van der Waals surface area contributed by atoms with E-state index >= 15 is 0 Å². The fourth-order valence-corrected chi connectivity index (χ4v) is 2.50. The van der Waals surface area contributed by atoms with Crippen molar-refractivity contribution in [3.05, 3.63) is 35.7 Å². The van der Waals surface area contributed by atoms with Gasteiger partial charge in [0.25, 0.3) is 0 Å². The van der Waals surface area contributed by atoms with E-state index in [0.717, 1.165) is 22.5 Å². The van der Waals surface area contributed by atoms with Gasteiger partial charge in [0.05, 0.1) is 11.4 Å². The quantitative estimate of drug-likeness (QED) is 0.852. The van der Waals surface area contributed by atoms with E-state index in [2.05, 4.69) is 33.6 Å². The summed E-state index contributed by atoms with van der Waals surface area (Å²) in [7, 11) is 8.18. The number of hydrogen-bond acceptors (Lipinski definition) is 4. The summed E-state index contributed by atoms with van der Waals surface area (Å²) in [6.45, 7) is 4.20. The van der Waals surface area contributed by atoms with E-state index in [1.165, 1.54) is 11.4 Å². The fraction of sp³-hybridized carbons (Fsp3) is 0.375. The number of aromatic nitrogens is 2. The van der Waals surface area contributed by atoms with E-state index in [1.807, 2.05) is 52.7 Å². The molecule has 2 heterocycles. The summed E-state index contributed by atoms with van der Waals surface area (Å²) in [5, 5.41) is 0. The van der Waals surface area contributed by atoms with Gasteiger partial charge in [-0.05, 0) is 26.0 Å². The third kappa shape index (κ3) is 3.52. The lowest BCUT2D eigenvalue weighted by Crippen LogP contribution is -2.13. The van der Waals surface area contributed by atoms with Crippen LogP contribution in [0.1, 0.15) is 11.1 Å². The Labute approximate surface area is 132 Å². The zero-order chi connectivity index (χ0) is 14.9. The monoisotopic (exact) mass is 306 g/mol. The average Bonchev–Trinajstić information content (AvgIpc) is 2.39. The molecule has 2 rings (SSSR count). The molecule has 2 aromatic rings. The Morgan fingerprint density at radius 1 is 0.682 bits per heavy atom. The van der Waals surface area contributed by atoms with Crippen LogP contribution in [-0.2, 0) is 0 Å². The molecule has 0 spiro atoms. The maximum atomic E-state index is 4.55. The molecule has 122 valence electrons. The van der Waals surface area contributed by atoms with Crippen molar-refractivity contribution >= 4 is 11.4 Å². The lowest BCUT2D eigenvalue weighted by molar-refractivity contribution is 0.823. The molecule has 0 aromatic carbocycles. The van der Waals surface area contributed by atoms with Gasteiger partial charge in [0.2, 0.25) is 0 Å². The van der Waals surface area contributed by atoms with Gasteiger partial charge in [-0.15, -0.1) is 0 Å². The first-order valence-corrected chi connectivity index (χ1v) is 6.69. The van der Waals surface area contributed by atoms with Crippen molar-refractivity contribution in [1.29, 1.82) is 0 Å². The normalized spacial score (nSPS) is 9.55. The molecule has 4 N–H and O–H groups in total. The van der Waals surface area contributed by atoms with Gasteiger partial charge in [0.15, 0.2) is 0 Å². The average molecular weight is 306 g/mol. The summed E-state index contributed by atoms with van der Waals surface area (Å²) in [6.07, 6.45) is 3.70. The number of pyridine rings is 2. The molecule has 0 saturated heterocycles. The molecule has 0 aliphatic rings. The molecular weight excluding hydrogens is 280 g/mol. The molecule has 0 bridgehead atoms. The second-order valence-electron chi connectivity index (χ2n) is 5.40. The molecule has 0 aliphatic carbocycles. The summed E-state index contributed by atoms with van der Waals surface area (Å²) >= 11 is 0. The summed E-state index contributed by atoms with van der Waals surface area (Å²) < 4.78 is 0. The fourth-order valence-electron chi connectivity index (χ4n) is 2.50. The summed E-state index contributed by atoms with van der Waals surface area (Å²) in [6, 6.07) is 4.06. The van der Waals surface area contributed by atoms with Gasteiger partial charge in [-0.3, -0.25) is 9.97 Å². The molecule has 0 fully saturated rings. The minimum Gasteiger partial charge on any atom is -0.412 e. The molecule has 22 heavy (non-hydrogen) atoms. The van der Waals surface area contributed by atoms with Crippen LogP contribution in [0.5, 0.6) is 0 Å². The van der Waals surface area contributed by atoms with Gasteiger partial charge in [-0.25, -0.2) is 0 Å². The van der Waals surface area contributed by atoms with Gasteiger partial charge < -0.3 is 20.8 Å². The zero-order valence-corrected chi connectivity index (χ0v) is 14.1. The van der Waals surface area contributed by atoms with Gasteiger partial charge in [0.1, 0.15) is 0 Å². The molecule has 0 radical (unpaired) electrons. The standard InChI is InChI=1S/C16H22N4.2H2O/c1-11-13(19(3)4)7-9-17-15(11)16-12(2)14(20(5)6)8-10-18-16;;/h7-10H,1-6H3;2*1H2. The molecule has 0 aliphatic heterocycles. The van der Waals surface area contributed by atoms with Crippen molar-refractivity contribution < 1.29 is 11.0 Å². The third-order valence-corrected chi connectivity index (χ3v) is 3.54. The smallest absolute Gasteiger partial charge is 0.0939 e. The second-order valence-corrected chi connectivity index (χ2v) is 5.40. The number of anilines is 2. The highest BCUT2D eigenvalue weighted by atomic mass is 16.0. The van der Waals surface area contributed by atoms with Crippen LogP contribution >= 0.6 is 0 Å². The van der Waals surface area contributed by atoms with Crippen molar-refractivity contribution in [1.82, 2.24) is 9.97 Å². The van der Waals surface area contributed by atoms with Crippen molar-refractivity contribution in [2.24, 2.45) is 0 Å². The van der Waals surface area contributed by atoms with Crippen molar-refractivity contribution in [3.8, 4) is 11.4 Å². The highest BCUT2D eigenvalue weighted by molar-refractivity contribution is 5.73. The van der Waals surface area contributed by atoms with Crippen LogP contribution in [0.2, 0.25) is 0 Å². The molecule has 0 saturated carbocycles. The molecule has 0 amide bonds. The Kier molecular flexibility index (Phi) is 6.96. The van der Waals surface area contributed by atoms with E-state index in [4.69, 9.17) is 0 Å². The molecule has 2 aromatic heterocycles. The highest BCUT2D eigenvalue weighted by Gasteiger charge is 2.14. The van der Waals surface area contributed by atoms with Crippen molar-refractivity contribution in [3.63, 3.8) is 0 Å². The van der Waals surface area contributed by atoms with Gasteiger partial charge >= 0.3 is 0 Å². The first-order chi connectivity index (χ1) is 9.43. The van der Waals surface area contributed by atoms with Crippen LogP contribution in [0, 0.1) is 13.8 Å². The largest absolute Gasteiger partial charge is 0.412 e. The minimum absolute atomic E-state index is 0. The predicted octanol–water partition coefficient (Wildman–Crippen LogP) is 1.24. The predicted molar refractivity (Wildman–Crippen MR) is 92.8 cm³/mol. The van der Waals surface area contributed by atoms with E-state index in [9.17, 15) is 0 Å². The van der Waals surface area contributed by atoms with Crippen LogP contribution < -0.4 is 9.80 Å². The number of hydrogen-bond donors (Lipinski definition) is 0. The van der Waals surface area contributed by atoms with Crippen LogP contribution in [0.4, 0.5) is 11.4 Å². The molecule has 0 atom stereocenters. The lowest BCUT2D eigenvalue weighted by Gasteiger charge is -2.20. The molecule has 6 nitrogen and oxygen atoms in total. The van der Waals surface area contributed by atoms with Crippen LogP contribution in [0.25, 0.3) is 11.4 Å². The zero-order valence-electron chi connectivity index (χ0n) is 14.1. The summed E-state index contributed by atoms with van der Waals surface area (Å²) in [5.41, 5.74) is 6.57. The molecule has 6 heteroatoms. The Balaban J connectivity index is 0.00000220. The van der Waals surface area contributed by atoms with Crippen LogP contribution in [0.3, 0.4) is 0 Å². The number of nitrogens with zero attached hydrogens (tertiary/aromatic N) is 4. The maximum Gasteiger partial charge on any atom is 0.0939 e. The van der Waals surface area contributed by atoms with E-state index in [1.54, 1.807) is 0 Å². The molecule has 0 unspecified atom stereocenters. The third-order valence-electron chi connectivity index (χ3n) is 3.54. The Bertz CT molecular complexity index is 572. The Morgan fingerprint density at radius 3 is 1.27 bits per heavy atom. The first-order valence-electron chi connectivity index (χ1n) is 6.69. The molecular formula is C16H26N4O2. The maximum absolute atomic E-state index is 4.55. The summed E-state index contributed by atoms with van der Waals surface area (Å²) in [4.78, 5) is 13.3. The van der Waals surface area contributed by atoms with E-state index < -0.39 is 0 Å². The Hall–Kier alpha value is -2.18. The Morgan fingerprint density at radius 2 is 1.00 bits per heavy atom. The van der Waals surface area contributed by atoms with E-state index in [0.29, 0.717) is 0 Å². The summed E-state index contributed by atoms with van der Waals surface area (Å²) in [5.74, 6) is 0. The van der Waals surface area contributed by atoms with Crippen LogP contribution in [0.15, 0.2) is 24.5 Å². The lowest BCUT2D eigenvalue weighted by atomic mass is 10.0. The van der Waals surface area contributed by atoms with Gasteiger partial charge in [-0.2, -0.15) is 0 Å². The van der Waals surface area contributed by atoms with Crippen molar-refractivity contribution in [2.75, 3.05) is 38.0 Å². The van der Waals surface area contributed by atoms with Crippen LogP contribution in [-0.4, -0.2) is 49.1 Å². The van der Waals surface area contributed by atoms with Gasteiger partial charge in [-0.1, -0.05) is 0 Å². The van der Waals surface area contributed by atoms with E-state index in [-0.39, 0.29) is 11.0 Å². The SMILES string of the molecule is Cc1c(N(C)C)ccnc1-c1nccc(N(C)C)c1C.O.O. The second kappa shape index (κ2) is 7.72. The van der Waals surface area contributed by atoms with Crippen molar-refractivity contribution in [2.45, 2.75) is 13.8 Å². The topological polar surface area (TPSA) is 95.3 Å². The highest BCUT2D eigenvalue weighted by Crippen LogP contribution is 2.31. The number of rotatable bonds is 3. The first kappa shape index (κ1) is 19.8. The van der Waals surface area contributed by atoms with Gasteiger partial charge in [0, 0.05) is 63.1 Å².